The number of alkyl halides is 2. The number of halogens is 2. The number of rotatable bonds is 2. The van der Waals surface area contributed by atoms with Crippen molar-refractivity contribution in [3.63, 3.8) is 0 Å². The highest BCUT2D eigenvalue weighted by atomic mass is 19.3. The monoisotopic (exact) mass is 286 g/mol. The summed E-state index contributed by atoms with van der Waals surface area (Å²) in [5.74, 6) is -0.492. The number of carbonyl (C=O) groups is 2. The molecule has 0 unspecified atom stereocenters. The van der Waals surface area contributed by atoms with E-state index in [1.165, 1.54) is 4.90 Å². The fourth-order valence-electron chi connectivity index (χ4n) is 4.13. The van der Waals surface area contributed by atoms with Crippen molar-refractivity contribution < 1.29 is 18.4 Å². The maximum absolute atomic E-state index is 12.9. The topological polar surface area (TPSA) is 49.4 Å². The second kappa shape index (κ2) is 4.67. The third kappa shape index (κ3) is 1.84. The molecule has 0 aromatic heterocycles. The molecule has 1 aliphatic heterocycles. The molecule has 0 aromatic rings. The van der Waals surface area contributed by atoms with Gasteiger partial charge in [-0.25, -0.2) is 8.78 Å². The minimum Gasteiger partial charge on any atom is -0.340 e. The maximum Gasteiger partial charge on any atom is 0.255 e. The normalized spacial score (nSPS) is 27.9. The zero-order valence-electron chi connectivity index (χ0n) is 11.5. The lowest BCUT2D eigenvalue weighted by Crippen LogP contribution is -2.75. The Labute approximate surface area is 116 Å². The van der Waals surface area contributed by atoms with Crippen molar-refractivity contribution in [2.75, 3.05) is 6.54 Å². The summed E-state index contributed by atoms with van der Waals surface area (Å²) >= 11 is 0. The first-order valence-corrected chi connectivity index (χ1v) is 7.43. The Kier molecular flexibility index (Phi) is 3.21. The Balaban J connectivity index is 1.97. The lowest BCUT2D eigenvalue weighted by Gasteiger charge is -2.50. The number of nitrogens with one attached hydrogen (secondary N) is 1. The van der Waals surface area contributed by atoms with Crippen molar-refractivity contribution in [3.05, 3.63) is 0 Å². The molecule has 2 aliphatic carbocycles. The van der Waals surface area contributed by atoms with Gasteiger partial charge in [-0.15, -0.1) is 0 Å². The molecule has 0 atom stereocenters. The van der Waals surface area contributed by atoms with E-state index in [4.69, 9.17) is 0 Å². The number of piperazine rings is 1. The first-order valence-electron chi connectivity index (χ1n) is 7.43. The van der Waals surface area contributed by atoms with E-state index in [1.807, 2.05) is 0 Å². The third-order valence-electron chi connectivity index (χ3n) is 5.16. The van der Waals surface area contributed by atoms with E-state index in [2.05, 4.69) is 5.32 Å². The van der Waals surface area contributed by atoms with Crippen LogP contribution in [0.15, 0.2) is 0 Å². The molecule has 6 heteroatoms. The molecule has 0 aromatic carbocycles. The lowest BCUT2D eigenvalue weighted by atomic mass is 9.83. The van der Waals surface area contributed by atoms with Crippen molar-refractivity contribution in [2.45, 2.75) is 68.9 Å². The molecule has 3 aliphatic rings. The molecular formula is C14H20F2N2O2. The van der Waals surface area contributed by atoms with Gasteiger partial charge in [-0.05, 0) is 25.7 Å². The SMILES string of the molecule is O=C1N(CC(F)F)C2(CCCC2)C(=O)NC12CCCC2. The van der Waals surface area contributed by atoms with Gasteiger partial charge in [0, 0.05) is 0 Å². The van der Waals surface area contributed by atoms with Crippen molar-refractivity contribution >= 4 is 11.8 Å². The molecular weight excluding hydrogens is 266 g/mol. The van der Waals surface area contributed by atoms with E-state index in [0.29, 0.717) is 25.7 Å². The van der Waals surface area contributed by atoms with E-state index >= 15 is 0 Å². The number of carbonyl (C=O) groups excluding carboxylic acids is 2. The molecule has 4 nitrogen and oxygen atoms in total. The van der Waals surface area contributed by atoms with Crippen LogP contribution in [-0.2, 0) is 9.59 Å². The van der Waals surface area contributed by atoms with Gasteiger partial charge in [-0.2, -0.15) is 0 Å². The smallest absolute Gasteiger partial charge is 0.255 e. The number of hydrogen-bond acceptors (Lipinski definition) is 2. The van der Waals surface area contributed by atoms with Crippen LogP contribution in [0.1, 0.15) is 51.4 Å². The van der Waals surface area contributed by atoms with Crippen molar-refractivity contribution in [1.82, 2.24) is 10.2 Å². The highest BCUT2D eigenvalue weighted by Gasteiger charge is 2.60. The second-order valence-electron chi connectivity index (χ2n) is 6.29. The van der Waals surface area contributed by atoms with Crippen LogP contribution in [0.2, 0.25) is 0 Å². The second-order valence-corrected chi connectivity index (χ2v) is 6.29. The van der Waals surface area contributed by atoms with Crippen LogP contribution in [0.5, 0.6) is 0 Å². The summed E-state index contributed by atoms with van der Waals surface area (Å²) in [6.07, 6.45) is 2.92. The fraction of sp³-hybridized carbons (Fsp3) is 0.857. The first-order chi connectivity index (χ1) is 9.50. The highest BCUT2D eigenvalue weighted by molar-refractivity contribution is 6.02. The molecule has 1 N–H and O–H groups in total. The summed E-state index contributed by atoms with van der Waals surface area (Å²) in [4.78, 5) is 26.6. The Morgan fingerprint density at radius 1 is 1.05 bits per heavy atom. The van der Waals surface area contributed by atoms with Gasteiger partial charge in [0.1, 0.15) is 11.1 Å². The summed E-state index contributed by atoms with van der Waals surface area (Å²) < 4.78 is 25.8. The average Bonchev–Trinajstić information content (AvgIpc) is 3.03. The molecule has 112 valence electrons. The summed E-state index contributed by atoms with van der Waals surface area (Å²) in [6.45, 7) is -0.617. The zero-order chi connectivity index (χ0) is 14.4. The third-order valence-corrected chi connectivity index (χ3v) is 5.16. The molecule has 2 saturated carbocycles. The highest BCUT2D eigenvalue weighted by Crippen LogP contribution is 2.44. The van der Waals surface area contributed by atoms with Gasteiger partial charge < -0.3 is 10.2 Å². The summed E-state index contributed by atoms with van der Waals surface area (Å²) in [7, 11) is 0. The molecule has 2 spiro atoms. The molecule has 2 amide bonds. The van der Waals surface area contributed by atoms with E-state index in [0.717, 1.165) is 25.7 Å². The molecule has 3 fully saturated rings. The largest absolute Gasteiger partial charge is 0.340 e. The maximum atomic E-state index is 12.9. The van der Waals surface area contributed by atoms with Crippen LogP contribution in [0.4, 0.5) is 8.78 Å². The van der Waals surface area contributed by atoms with E-state index in [9.17, 15) is 18.4 Å². The average molecular weight is 286 g/mol. The van der Waals surface area contributed by atoms with E-state index < -0.39 is 24.0 Å². The van der Waals surface area contributed by atoms with Gasteiger partial charge in [-0.1, -0.05) is 25.7 Å². The van der Waals surface area contributed by atoms with Crippen LogP contribution in [0, 0.1) is 0 Å². The Morgan fingerprint density at radius 2 is 1.60 bits per heavy atom. The van der Waals surface area contributed by atoms with Crippen molar-refractivity contribution in [3.8, 4) is 0 Å². The number of nitrogens with zero attached hydrogens (tertiary/aromatic N) is 1. The summed E-state index contributed by atoms with van der Waals surface area (Å²) in [6, 6.07) is 0. The molecule has 1 saturated heterocycles. The van der Waals surface area contributed by atoms with Gasteiger partial charge >= 0.3 is 0 Å². The zero-order valence-corrected chi connectivity index (χ0v) is 11.5. The minimum atomic E-state index is -2.60. The Morgan fingerprint density at radius 3 is 2.15 bits per heavy atom. The van der Waals surface area contributed by atoms with E-state index in [-0.39, 0.29) is 11.8 Å². The molecule has 0 bridgehead atoms. The molecule has 1 heterocycles. The van der Waals surface area contributed by atoms with Crippen LogP contribution >= 0.6 is 0 Å². The van der Waals surface area contributed by atoms with Gasteiger partial charge in [0.2, 0.25) is 11.8 Å². The first kappa shape index (κ1) is 13.8. The predicted molar refractivity (Wildman–Crippen MR) is 68.3 cm³/mol. The fourth-order valence-corrected chi connectivity index (χ4v) is 4.13. The molecule has 20 heavy (non-hydrogen) atoms. The summed E-state index contributed by atoms with van der Waals surface area (Å²) in [5, 5.41) is 2.90. The van der Waals surface area contributed by atoms with Crippen molar-refractivity contribution in [2.24, 2.45) is 0 Å². The Hall–Kier alpha value is -1.20. The van der Waals surface area contributed by atoms with Gasteiger partial charge in [0.25, 0.3) is 6.43 Å². The van der Waals surface area contributed by atoms with Gasteiger partial charge in [0.05, 0.1) is 6.54 Å². The van der Waals surface area contributed by atoms with Crippen LogP contribution in [0.25, 0.3) is 0 Å². The van der Waals surface area contributed by atoms with Gasteiger partial charge in [-0.3, -0.25) is 9.59 Å². The predicted octanol–water partition coefficient (Wildman–Crippen LogP) is 1.84. The summed E-state index contributed by atoms with van der Waals surface area (Å²) in [5.41, 5.74) is -1.92. The van der Waals surface area contributed by atoms with Gasteiger partial charge in [0.15, 0.2) is 0 Å². The number of hydrogen-bond donors (Lipinski definition) is 1. The van der Waals surface area contributed by atoms with Crippen LogP contribution in [-0.4, -0.2) is 40.8 Å². The van der Waals surface area contributed by atoms with Crippen LogP contribution < -0.4 is 5.32 Å². The lowest BCUT2D eigenvalue weighted by molar-refractivity contribution is -0.165. The van der Waals surface area contributed by atoms with E-state index in [1.54, 1.807) is 0 Å². The minimum absolute atomic E-state index is 0.211. The standard InChI is InChI=1S/C14H20F2N2O2/c15-10(16)9-18-12(20)13(5-1-2-6-13)17-11(19)14(18)7-3-4-8-14/h10H,1-9H2,(H,17,19). The molecule has 3 rings (SSSR count). The Bertz CT molecular complexity index is 427. The quantitative estimate of drug-likeness (QED) is 0.842. The molecule has 0 radical (unpaired) electrons. The number of amides is 2. The van der Waals surface area contributed by atoms with Crippen LogP contribution in [0.3, 0.4) is 0 Å². The van der Waals surface area contributed by atoms with Crippen molar-refractivity contribution in [1.29, 1.82) is 0 Å².